The lowest BCUT2D eigenvalue weighted by atomic mass is 10.1. The molecule has 0 unspecified atom stereocenters. The predicted molar refractivity (Wildman–Crippen MR) is 102 cm³/mol. The van der Waals surface area contributed by atoms with E-state index in [4.69, 9.17) is 28.2 Å². The van der Waals surface area contributed by atoms with E-state index < -0.39 is 0 Å². The fourth-order valence-corrected chi connectivity index (χ4v) is 3.44. The van der Waals surface area contributed by atoms with Crippen molar-refractivity contribution < 1.29 is 0 Å². The highest BCUT2D eigenvalue weighted by Crippen LogP contribution is 2.24. The van der Waals surface area contributed by atoms with Crippen LogP contribution in [-0.2, 0) is 19.5 Å². The smallest absolute Gasteiger partial charge is 0.159 e. The van der Waals surface area contributed by atoms with Crippen molar-refractivity contribution in [2.45, 2.75) is 19.5 Å². The first kappa shape index (κ1) is 16.5. The molecule has 0 saturated carbocycles. The van der Waals surface area contributed by atoms with Crippen molar-refractivity contribution in [1.29, 1.82) is 0 Å². The summed E-state index contributed by atoms with van der Waals surface area (Å²) in [5.74, 6) is 0.759. The van der Waals surface area contributed by atoms with Crippen LogP contribution in [0.5, 0.6) is 0 Å². The maximum atomic E-state index is 6.28. The zero-order chi connectivity index (χ0) is 17.2. The molecule has 126 valence electrons. The third kappa shape index (κ3) is 3.69. The van der Waals surface area contributed by atoms with E-state index in [9.17, 15) is 0 Å². The van der Waals surface area contributed by atoms with E-state index in [-0.39, 0.29) is 0 Å². The van der Waals surface area contributed by atoms with Crippen molar-refractivity contribution >= 4 is 23.2 Å². The fourth-order valence-electron chi connectivity index (χ4n) is 3.12. The first-order valence-electron chi connectivity index (χ1n) is 8.25. The van der Waals surface area contributed by atoms with Crippen LogP contribution in [0.25, 0.3) is 11.4 Å². The summed E-state index contributed by atoms with van der Waals surface area (Å²) in [6, 6.07) is 15.7. The van der Waals surface area contributed by atoms with Crippen LogP contribution >= 0.6 is 23.2 Å². The lowest BCUT2D eigenvalue weighted by Crippen LogP contribution is -2.31. The third-order valence-corrected chi connectivity index (χ3v) is 5.09. The summed E-state index contributed by atoms with van der Waals surface area (Å²) in [6.07, 6.45) is 2.87. The standard InChI is InChI=1S/C20H17Cl2N3/c21-17-7-5-14(6-8-17)20-23-11-16-13-25(10-9-19(16)24-20)12-15-3-1-2-4-18(15)22/h1-8,11H,9-10,12-13H2. The third-order valence-electron chi connectivity index (χ3n) is 4.47. The molecule has 1 aromatic heterocycles. The van der Waals surface area contributed by atoms with Gasteiger partial charge in [-0.1, -0.05) is 41.4 Å². The predicted octanol–water partition coefficient (Wildman–Crippen LogP) is 5.01. The van der Waals surface area contributed by atoms with Gasteiger partial charge >= 0.3 is 0 Å². The number of nitrogens with zero attached hydrogens (tertiary/aromatic N) is 3. The highest BCUT2D eigenvalue weighted by atomic mass is 35.5. The van der Waals surface area contributed by atoms with Crippen LogP contribution in [0.3, 0.4) is 0 Å². The van der Waals surface area contributed by atoms with Crippen LogP contribution in [-0.4, -0.2) is 21.4 Å². The summed E-state index contributed by atoms with van der Waals surface area (Å²) < 4.78 is 0. The van der Waals surface area contributed by atoms with Crippen LogP contribution in [0.2, 0.25) is 10.0 Å². The molecule has 0 bridgehead atoms. The average molecular weight is 370 g/mol. The molecule has 1 aliphatic rings. The number of fused-ring (bicyclic) bond motifs is 1. The Bertz CT molecular complexity index is 894. The number of hydrogen-bond acceptors (Lipinski definition) is 3. The quantitative estimate of drug-likeness (QED) is 0.649. The molecule has 2 heterocycles. The zero-order valence-corrected chi connectivity index (χ0v) is 15.1. The van der Waals surface area contributed by atoms with Crippen molar-refractivity contribution in [3.05, 3.63) is 81.6 Å². The number of benzene rings is 2. The van der Waals surface area contributed by atoms with E-state index in [0.29, 0.717) is 0 Å². The summed E-state index contributed by atoms with van der Waals surface area (Å²) in [4.78, 5) is 11.7. The van der Waals surface area contributed by atoms with Gasteiger partial charge < -0.3 is 0 Å². The highest BCUT2D eigenvalue weighted by molar-refractivity contribution is 6.31. The summed E-state index contributed by atoms with van der Waals surface area (Å²) in [7, 11) is 0. The van der Waals surface area contributed by atoms with E-state index in [2.05, 4.69) is 16.0 Å². The van der Waals surface area contributed by atoms with Gasteiger partial charge in [-0.25, -0.2) is 9.97 Å². The van der Waals surface area contributed by atoms with E-state index in [1.165, 1.54) is 5.56 Å². The fraction of sp³-hybridized carbons (Fsp3) is 0.200. The van der Waals surface area contributed by atoms with Crippen LogP contribution < -0.4 is 0 Å². The molecular formula is C20H17Cl2N3. The first-order valence-corrected chi connectivity index (χ1v) is 9.01. The Morgan fingerprint density at radius 3 is 2.60 bits per heavy atom. The van der Waals surface area contributed by atoms with Gasteiger partial charge in [-0.05, 0) is 35.9 Å². The Hall–Kier alpha value is -1.94. The Kier molecular flexibility index (Phi) is 4.71. The van der Waals surface area contributed by atoms with Crippen LogP contribution in [0.4, 0.5) is 0 Å². The molecule has 0 radical (unpaired) electrons. The van der Waals surface area contributed by atoms with Gasteiger partial charge in [-0.15, -0.1) is 0 Å². The maximum Gasteiger partial charge on any atom is 0.159 e. The van der Waals surface area contributed by atoms with Crippen LogP contribution in [0, 0.1) is 0 Å². The van der Waals surface area contributed by atoms with Crippen LogP contribution in [0.1, 0.15) is 16.8 Å². The van der Waals surface area contributed by atoms with Gasteiger partial charge in [0, 0.05) is 53.4 Å². The Morgan fingerprint density at radius 2 is 1.80 bits per heavy atom. The monoisotopic (exact) mass is 369 g/mol. The molecule has 0 N–H and O–H groups in total. The minimum atomic E-state index is 0.719. The molecule has 0 saturated heterocycles. The normalized spacial score (nSPS) is 14.3. The Morgan fingerprint density at radius 1 is 1.00 bits per heavy atom. The maximum absolute atomic E-state index is 6.28. The van der Waals surface area contributed by atoms with Gasteiger partial charge in [-0.3, -0.25) is 4.90 Å². The van der Waals surface area contributed by atoms with Gasteiger partial charge in [0.2, 0.25) is 0 Å². The highest BCUT2D eigenvalue weighted by Gasteiger charge is 2.19. The molecule has 25 heavy (non-hydrogen) atoms. The number of halogens is 2. The second kappa shape index (κ2) is 7.12. The molecule has 0 amide bonds. The Balaban J connectivity index is 1.52. The van der Waals surface area contributed by atoms with E-state index in [0.717, 1.165) is 58.7 Å². The molecule has 1 aliphatic heterocycles. The van der Waals surface area contributed by atoms with E-state index in [1.54, 1.807) is 0 Å². The molecule has 4 rings (SSSR count). The molecule has 0 fully saturated rings. The zero-order valence-electron chi connectivity index (χ0n) is 13.6. The SMILES string of the molecule is Clc1ccc(-c2ncc3c(n2)CCN(Cc2ccccc2Cl)C3)cc1. The molecule has 5 heteroatoms. The number of aromatic nitrogens is 2. The van der Waals surface area contributed by atoms with Crippen molar-refractivity contribution in [2.75, 3.05) is 6.54 Å². The second-order valence-corrected chi connectivity index (χ2v) is 7.07. The largest absolute Gasteiger partial charge is 0.294 e. The lowest BCUT2D eigenvalue weighted by molar-refractivity contribution is 0.243. The molecule has 0 atom stereocenters. The topological polar surface area (TPSA) is 29.0 Å². The molecule has 2 aromatic carbocycles. The number of hydrogen-bond donors (Lipinski definition) is 0. The van der Waals surface area contributed by atoms with Gasteiger partial charge in [0.1, 0.15) is 0 Å². The summed E-state index contributed by atoms with van der Waals surface area (Å²) in [5.41, 5.74) is 4.48. The van der Waals surface area contributed by atoms with Gasteiger partial charge in [0.15, 0.2) is 5.82 Å². The molecule has 0 aliphatic carbocycles. The number of rotatable bonds is 3. The van der Waals surface area contributed by atoms with Gasteiger partial charge in [0.05, 0.1) is 5.69 Å². The van der Waals surface area contributed by atoms with Crippen molar-refractivity contribution in [2.24, 2.45) is 0 Å². The minimum Gasteiger partial charge on any atom is -0.294 e. The summed E-state index contributed by atoms with van der Waals surface area (Å²) >= 11 is 12.2. The van der Waals surface area contributed by atoms with Crippen molar-refractivity contribution in [3.63, 3.8) is 0 Å². The minimum absolute atomic E-state index is 0.719. The molecule has 3 aromatic rings. The van der Waals surface area contributed by atoms with Gasteiger partial charge in [-0.2, -0.15) is 0 Å². The molecule has 0 spiro atoms. The molecule has 3 nitrogen and oxygen atoms in total. The Labute approximate surface area is 157 Å². The summed E-state index contributed by atoms with van der Waals surface area (Å²) in [6.45, 7) is 2.66. The molecular weight excluding hydrogens is 353 g/mol. The van der Waals surface area contributed by atoms with Crippen LogP contribution in [0.15, 0.2) is 54.7 Å². The van der Waals surface area contributed by atoms with E-state index in [1.807, 2.05) is 48.7 Å². The van der Waals surface area contributed by atoms with Crippen molar-refractivity contribution in [1.82, 2.24) is 14.9 Å². The average Bonchev–Trinajstić information content (AvgIpc) is 2.64. The second-order valence-electron chi connectivity index (χ2n) is 6.22. The van der Waals surface area contributed by atoms with Crippen molar-refractivity contribution in [3.8, 4) is 11.4 Å². The first-order chi connectivity index (χ1) is 12.2. The summed E-state index contributed by atoms with van der Waals surface area (Å²) in [5, 5.41) is 1.54. The van der Waals surface area contributed by atoms with E-state index >= 15 is 0 Å². The van der Waals surface area contributed by atoms with Gasteiger partial charge in [0.25, 0.3) is 0 Å². The lowest BCUT2D eigenvalue weighted by Gasteiger charge is -2.28.